The minimum atomic E-state index is -1.32. The van der Waals surface area contributed by atoms with E-state index in [2.05, 4.69) is 0 Å². The molecule has 0 radical (unpaired) electrons. The highest BCUT2D eigenvalue weighted by molar-refractivity contribution is 6.04. The number of nitro groups is 1. The highest BCUT2D eigenvalue weighted by atomic mass is 19.1. The summed E-state index contributed by atoms with van der Waals surface area (Å²) in [6.07, 6.45) is 0. The largest absolute Gasteiger partial charge is 0.368 e. The van der Waals surface area contributed by atoms with Gasteiger partial charge in [-0.2, -0.15) is 0 Å². The molecule has 1 aliphatic heterocycles. The smallest absolute Gasteiger partial charge is 0.269 e. The van der Waals surface area contributed by atoms with Gasteiger partial charge >= 0.3 is 0 Å². The fourth-order valence-corrected chi connectivity index (χ4v) is 5.77. The number of carbonyl (C=O) groups excluding carboxylic acids is 3. The molecule has 0 spiro atoms. The number of Topliss-reactive ketones (excluding diaryl/α,β-unsaturated/α-hetero) is 1. The monoisotopic (exact) mass is 551 g/mol. The number of likely N-dealkylation sites (tertiary alicyclic amines) is 1. The van der Waals surface area contributed by atoms with E-state index in [0.717, 1.165) is 5.56 Å². The minimum Gasteiger partial charge on any atom is -0.368 e. The van der Waals surface area contributed by atoms with Gasteiger partial charge in [0, 0.05) is 29.2 Å². The number of benzene rings is 4. The van der Waals surface area contributed by atoms with Gasteiger partial charge in [0.25, 0.3) is 11.6 Å². The number of nitrogens with zero attached hydrogens (tertiary/aromatic N) is 2. The summed E-state index contributed by atoms with van der Waals surface area (Å²) in [6, 6.07) is 23.7. The lowest BCUT2D eigenvalue weighted by Crippen LogP contribution is -2.46. The number of carbonyl (C=O) groups is 3. The van der Waals surface area contributed by atoms with Gasteiger partial charge in [-0.05, 0) is 48.4 Å². The quantitative estimate of drug-likeness (QED) is 0.188. The van der Waals surface area contributed by atoms with Gasteiger partial charge in [0.2, 0.25) is 5.91 Å². The van der Waals surface area contributed by atoms with Crippen LogP contribution in [0.4, 0.5) is 10.1 Å². The molecule has 8 nitrogen and oxygen atoms in total. The third-order valence-corrected chi connectivity index (χ3v) is 7.50. The zero-order chi connectivity index (χ0) is 29.3. The Kier molecular flexibility index (Phi) is 7.43. The Hall–Kier alpha value is -5.18. The summed E-state index contributed by atoms with van der Waals surface area (Å²) in [6.45, 7) is 1.83. The summed E-state index contributed by atoms with van der Waals surface area (Å²) < 4.78 is 14.0. The Bertz CT molecular complexity index is 1640. The maximum atomic E-state index is 14.4. The first-order valence-corrected chi connectivity index (χ1v) is 12.9. The van der Waals surface area contributed by atoms with Crippen LogP contribution >= 0.6 is 0 Å². The summed E-state index contributed by atoms with van der Waals surface area (Å²) in [4.78, 5) is 54.3. The zero-order valence-corrected chi connectivity index (χ0v) is 22.0. The van der Waals surface area contributed by atoms with Crippen molar-refractivity contribution in [2.45, 2.75) is 24.9 Å². The summed E-state index contributed by atoms with van der Waals surface area (Å²) in [5.41, 5.74) is 7.88. The molecule has 1 fully saturated rings. The fourth-order valence-electron chi connectivity index (χ4n) is 5.77. The van der Waals surface area contributed by atoms with Gasteiger partial charge in [0.1, 0.15) is 11.9 Å². The van der Waals surface area contributed by atoms with Crippen LogP contribution in [0.1, 0.15) is 49.4 Å². The first-order chi connectivity index (χ1) is 19.7. The van der Waals surface area contributed by atoms with E-state index >= 15 is 0 Å². The molecular weight excluding hydrogens is 525 g/mol. The predicted octanol–water partition coefficient (Wildman–Crippen LogP) is 5.38. The van der Waals surface area contributed by atoms with Crippen molar-refractivity contribution < 1.29 is 23.7 Å². The molecular formula is C32H26FN3O5. The van der Waals surface area contributed by atoms with Gasteiger partial charge in [-0.1, -0.05) is 66.2 Å². The van der Waals surface area contributed by atoms with Crippen molar-refractivity contribution in [3.05, 3.63) is 147 Å². The zero-order valence-electron chi connectivity index (χ0n) is 22.0. The lowest BCUT2D eigenvalue weighted by molar-refractivity contribution is -0.385. The van der Waals surface area contributed by atoms with Crippen molar-refractivity contribution in [1.29, 1.82) is 0 Å². The second-order valence-electron chi connectivity index (χ2n) is 10.1. The van der Waals surface area contributed by atoms with Crippen molar-refractivity contribution >= 4 is 23.3 Å². The van der Waals surface area contributed by atoms with Gasteiger partial charge in [0.05, 0.1) is 16.9 Å². The van der Waals surface area contributed by atoms with Crippen LogP contribution in [-0.2, 0) is 4.79 Å². The molecule has 4 aromatic carbocycles. The number of halogens is 1. The van der Waals surface area contributed by atoms with E-state index in [4.69, 9.17) is 5.73 Å². The van der Waals surface area contributed by atoms with Crippen LogP contribution in [-0.4, -0.2) is 33.5 Å². The normalized spacial score (nSPS) is 20.0. The number of aryl methyl sites for hydroxylation is 1. The highest BCUT2D eigenvalue weighted by Gasteiger charge is 2.57. The average Bonchev–Trinajstić information content (AvgIpc) is 3.33. The number of non-ortho nitro benzene ring substituents is 1. The number of hydrogen-bond acceptors (Lipinski definition) is 5. The number of rotatable bonds is 7. The Labute approximate surface area is 235 Å². The van der Waals surface area contributed by atoms with E-state index in [1.54, 1.807) is 54.6 Å². The lowest BCUT2D eigenvalue weighted by atomic mass is 9.76. The number of nitrogens with two attached hydrogens (primary N) is 1. The first kappa shape index (κ1) is 27.4. The standard InChI is InChI=1S/C32H26FN3O5/c1-19-7-5-11-23(17-19)30(37)27-26(20-13-15-24(33)16-14-20)29(31(34)38)35(32(39)21-8-3-2-4-9-21)28(27)22-10-6-12-25(18-22)36(40)41/h2-18,26-29H,1H3,(H2,34,38). The van der Waals surface area contributed by atoms with E-state index in [-0.39, 0.29) is 17.0 Å². The van der Waals surface area contributed by atoms with Crippen molar-refractivity contribution in [3.63, 3.8) is 0 Å². The van der Waals surface area contributed by atoms with E-state index < -0.39 is 46.5 Å². The molecule has 0 saturated carbocycles. The van der Waals surface area contributed by atoms with Gasteiger partial charge in [0.15, 0.2) is 5.78 Å². The predicted molar refractivity (Wildman–Crippen MR) is 150 cm³/mol. The fraction of sp³-hybridized carbons (Fsp3) is 0.156. The SMILES string of the molecule is Cc1cccc(C(=O)C2C(c3ccc(F)cc3)C(C(N)=O)N(C(=O)c3ccccc3)C2c2cccc([N+](=O)[O-])c2)c1. The average molecular weight is 552 g/mol. The maximum Gasteiger partial charge on any atom is 0.269 e. The highest BCUT2D eigenvalue weighted by Crippen LogP contribution is 2.52. The van der Waals surface area contributed by atoms with Gasteiger partial charge in [-0.3, -0.25) is 24.5 Å². The molecule has 0 bridgehead atoms. The van der Waals surface area contributed by atoms with Crippen molar-refractivity contribution in [2.75, 3.05) is 0 Å². The molecule has 0 aromatic heterocycles. The minimum absolute atomic E-state index is 0.239. The maximum absolute atomic E-state index is 14.4. The summed E-state index contributed by atoms with van der Waals surface area (Å²) in [5.74, 6) is -4.39. The van der Waals surface area contributed by atoms with Crippen LogP contribution in [0, 0.1) is 28.8 Å². The number of primary amides is 1. The van der Waals surface area contributed by atoms with Gasteiger partial charge in [-0.15, -0.1) is 0 Å². The second kappa shape index (κ2) is 11.1. The van der Waals surface area contributed by atoms with Crippen LogP contribution in [0.25, 0.3) is 0 Å². The first-order valence-electron chi connectivity index (χ1n) is 12.9. The van der Waals surface area contributed by atoms with Crippen LogP contribution in [0.15, 0.2) is 103 Å². The molecule has 9 heteroatoms. The van der Waals surface area contributed by atoms with E-state index in [9.17, 15) is 28.9 Å². The molecule has 2 N–H and O–H groups in total. The molecule has 4 unspecified atom stereocenters. The topological polar surface area (TPSA) is 124 Å². The van der Waals surface area contributed by atoms with Crippen molar-refractivity contribution in [1.82, 2.24) is 4.90 Å². The van der Waals surface area contributed by atoms with Crippen LogP contribution in [0.5, 0.6) is 0 Å². The molecule has 41 heavy (non-hydrogen) atoms. The third kappa shape index (κ3) is 5.21. The van der Waals surface area contributed by atoms with E-state index in [1.165, 1.54) is 47.4 Å². The van der Waals surface area contributed by atoms with Crippen LogP contribution in [0.3, 0.4) is 0 Å². The van der Waals surface area contributed by atoms with Crippen LogP contribution in [0.2, 0.25) is 0 Å². The molecule has 4 atom stereocenters. The Morgan fingerprint density at radius 1 is 0.829 bits per heavy atom. The summed E-state index contributed by atoms with van der Waals surface area (Å²) in [5, 5.41) is 11.7. The van der Waals surface area contributed by atoms with Crippen molar-refractivity contribution in [3.8, 4) is 0 Å². The third-order valence-electron chi connectivity index (χ3n) is 7.50. The van der Waals surface area contributed by atoms with Gasteiger partial charge < -0.3 is 10.6 Å². The number of hydrogen-bond donors (Lipinski definition) is 1. The van der Waals surface area contributed by atoms with Crippen LogP contribution < -0.4 is 5.73 Å². The summed E-state index contributed by atoms with van der Waals surface area (Å²) >= 11 is 0. The lowest BCUT2D eigenvalue weighted by Gasteiger charge is -2.31. The van der Waals surface area contributed by atoms with Crippen molar-refractivity contribution in [2.24, 2.45) is 11.7 Å². The Morgan fingerprint density at radius 3 is 2.12 bits per heavy atom. The number of nitro benzene ring substituents is 1. The Balaban J connectivity index is 1.81. The molecule has 1 aliphatic rings. The van der Waals surface area contributed by atoms with E-state index in [0.29, 0.717) is 16.7 Å². The molecule has 1 heterocycles. The molecule has 4 aromatic rings. The summed E-state index contributed by atoms with van der Waals surface area (Å²) in [7, 11) is 0. The number of ketones is 1. The number of amides is 2. The van der Waals surface area contributed by atoms with Gasteiger partial charge in [-0.25, -0.2) is 4.39 Å². The van der Waals surface area contributed by atoms with E-state index in [1.807, 2.05) is 13.0 Å². The molecule has 2 amide bonds. The Morgan fingerprint density at radius 2 is 1.49 bits per heavy atom. The molecule has 5 rings (SSSR count). The molecule has 1 saturated heterocycles. The second-order valence-corrected chi connectivity index (χ2v) is 10.1. The molecule has 206 valence electrons. The molecule has 0 aliphatic carbocycles.